The highest BCUT2D eigenvalue weighted by Gasteiger charge is 2.42. The monoisotopic (exact) mass is 370 g/mol. The molecule has 2 rings (SSSR count). The van der Waals surface area contributed by atoms with Gasteiger partial charge in [0, 0.05) is 37.4 Å². The molecule has 7 nitrogen and oxygen atoms in total. The second kappa shape index (κ2) is 10.5. The van der Waals surface area contributed by atoms with E-state index in [1.54, 1.807) is 7.05 Å². The number of nitrogens with one attached hydrogen (secondary N) is 4. The standard InChI is InChI=1S/C17H30N4O3S/c1-18-14(22)8-3-2-6-10-19-15(23)9-5-4-7-13-16-12(11-25-13)20-17(24)21-16/h12-13,16H,2-11H2,1H3,(H,18,22)(H,19,23)(H2,20,21,24). The zero-order valence-electron chi connectivity index (χ0n) is 14.9. The average Bonchev–Trinajstić information content (AvgIpc) is 3.14. The highest BCUT2D eigenvalue weighted by Crippen LogP contribution is 2.33. The second-order valence-electron chi connectivity index (χ2n) is 6.70. The number of hydrogen-bond acceptors (Lipinski definition) is 4. The van der Waals surface area contributed by atoms with Crippen molar-refractivity contribution in [2.45, 2.75) is 68.7 Å². The van der Waals surface area contributed by atoms with Crippen LogP contribution < -0.4 is 21.3 Å². The van der Waals surface area contributed by atoms with E-state index in [1.807, 2.05) is 11.8 Å². The van der Waals surface area contributed by atoms with E-state index in [0.29, 0.717) is 24.6 Å². The summed E-state index contributed by atoms with van der Waals surface area (Å²) in [6, 6.07) is 0.477. The number of urea groups is 1. The maximum Gasteiger partial charge on any atom is 0.315 e. The molecule has 8 heteroatoms. The molecule has 3 atom stereocenters. The van der Waals surface area contributed by atoms with Crippen LogP contribution in [0, 0.1) is 0 Å². The second-order valence-corrected chi connectivity index (χ2v) is 7.97. The number of fused-ring (bicyclic) bond motifs is 1. The molecule has 0 aliphatic carbocycles. The summed E-state index contributed by atoms with van der Waals surface area (Å²) in [5.74, 6) is 1.16. The molecule has 2 fully saturated rings. The number of carbonyl (C=O) groups excluding carboxylic acids is 3. The van der Waals surface area contributed by atoms with E-state index in [0.717, 1.165) is 44.3 Å². The topological polar surface area (TPSA) is 99.3 Å². The van der Waals surface area contributed by atoms with Crippen LogP contribution in [0.15, 0.2) is 0 Å². The number of unbranched alkanes of at least 4 members (excludes halogenated alkanes) is 3. The van der Waals surface area contributed by atoms with E-state index in [2.05, 4.69) is 21.3 Å². The molecule has 0 aromatic rings. The van der Waals surface area contributed by atoms with Crippen molar-refractivity contribution in [2.75, 3.05) is 19.3 Å². The maximum absolute atomic E-state index is 11.8. The lowest BCUT2D eigenvalue weighted by Gasteiger charge is -2.16. The van der Waals surface area contributed by atoms with E-state index in [1.165, 1.54) is 0 Å². The van der Waals surface area contributed by atoms with E-state index in [4.69, 9.17) is 0 Å². The minimum Gasteiger partial charge on any atom is -0.359 e. The third kappa shape index (κ3) is 6.76. The van der Waals surface area contributed by atoms with Gasteiger partial charge in [0.1, 0.15) is 0 Å². The van der Waals surface area contributed by atoms with Gasteiger partial charge in [0.25, 0.3) is 0 Å². The zero-order chi connectivity index (χ0) is 18.1. The summed E-state index contributed by atoms with van der Waals surface area (Å²) in [6.07, 6.45) is 6.79. The Bertz CT molecular complexity index is 475. The van der Waals surface area contributed by atoms with Gasteiger partial charge in [-0.3, -0.25) is 9.59 Å². The lowest BCUT2D eigenvalue weighted by atomic mass is 10.0. The lowest BCUT2D eigenvalue weighted by molar-refractivity contribution is -0.122. The van der Waals surface area contributed by atoms with Crippen LogP contribution in [0.25, 0.3) is 0 Å². The highest BCUT2D eigenvalue weighted by molar-refractivity contribution is 8.00. The molecule has 3 unspecified atom stereocenters. The van der Waals surface area contributed by atoms with E-state index < -0.39 is 0 Å². The molecule has 2 aliphatic rings. The summed E-state index contributed by atoms with van der Waals surface area (Å²) in [4.78, 5) is 34.2. The lowest BCUT2D eigenvalue weighted by Crippen LogP contribution is -2.36. The van der Waals surface area contributed by atoms with Crippen molar-refractivity contribution in [3.8, 4) is 0 Å². The fraction of sp³-hybridized carbons (Fsp3) is 0.824. The van der Waals surface area contributed by atoms with Crippen molar-refractivity contribution in [1.82, 2.24) is 21.3 Å². The molecule has 142 valence electrons. The average molecular weight is 371 g/mol. The van der Waals surface area contributed by atoms with Gasteiger partial charge in [-0.25, -0.2) is 4.79 Å². The van der Waals surface area contributed by atoms with Crippen LogP contribution >= 0.6 is 11.8 Å². The van der Waals surface area contributed by atoms with Gasteiger partial charge in [-0.05, 0) is 25.7 Å². The SMILES string of the molecule is CNC(=O)CCCCCNC(=O)CCCCC1SCC2NC(=O)NC21. The molecule has 25 heavy (non-hydrogen) atoms. The predicted molar refractivity (Wildman–Crippen MR) is 99.5 cm³/mol. The van der Waals surface area contributed by atoms with Gasteiger partial charge in [-0.2, -0.15) is 11.8 Å². The van der Waals surface area contributed by atoms with Crippen molar-refractivity contribution in [1.29, 1.82) is 0 Å². The van der Waals surface area contributed by atoms with E-state index in [9.17, 15) is 14.4 Å². The van der Waals surface area contributed by atoms with Crippen LogP contribution in [0.3, 0.4) is 0 Å². The van der Waals surface area contributed by atoms with Crippen molar-refractivity contribution in [3.05, 3.63) is 0 Å². The largest absolute Gasteiger partial charge is 0.359 e. The molecule has 0 saturated carbocycles. The summed E-state index contributed by atoms with van der Waals surface area (Å²) in [5, 5.41) is 12.0. The Balaban J connectivity index is 1.44. The van der Waals surface area contributed by atoms with Gasteiger partial charge in [-0.1, -0.05) is 12.8 Å². The van der Waals surface area contributed by atoms with Crippen LogP contribution in [0.1, 0.15) is 51.4 Å². The van der Waals surface area contributed by atoms with Crippen molar-refractivity contribution in [2.24, 2.45) is 0 Å². The normalized spacial score (nSPS) is 24.4. The first-order valence-electron chi connectivity index (χ1n) is 9.26. The van der Waals surface area contributed by atoms with Crippen LogP contribution in [-0.2, 0) is 9.59 Å². The van der Waals surface area contributed by atoms with E-state index in [-0.39, 0.29) is 29.9 Å². The van der Waals surface area contributed by atoms with Crippen LogP contribution in [0.5, 0.6) is 0 Å². The summed E-state index contributed by atoms with van der Waals surface area (Å²) in [6.45, 7) is 0.687. The van der Waals surface area contributed by atoms with Gasteiger partial charge in [0.05, 0.1) is 12.1 Å². The molecule has 0 aromatic carbocycles. The molecule has 0 bridgehead atoms. The van der Waals surface area contributed by atoms with Crippen molar-refractivity contribution < 1.29 is 14.4 Å². The molecular weight excluding hydrogens is 340 g/mol. The number of rotatable bonds is 11. The molecule has 4 N–H and O–H groups in total. The predicted octanol–water partition coefficient (Wildman–Crippen LogP) is 1.13. The fourth-order valence-corrected chi connectivity index (χ4v) is 4.85. The Hall–Kier alpha value is -1.44. The first-order chi connectivity index (χ1) is 12.1. The fourth-order valence-electron chi connectivity index (χ4n) is 3.30. The Kier molecular flexibility index (Phi) is 8.37. The first kappa shape index (κ1) is 19.9. The number of carbonyl (C=O) groups is 3. The van der Waals surface area contributed by atoms with Crippen LogP contribution in [0.2, 0.25) is 0 Å². The van der Waals surface area contributed by atoms with Gasteiger partial charge >= 0.3 is 6.03 Å². The minimum atomic E-state index is -0.0463. The van der Waals surface area contributed by atoms with Gasteiger partial charge in [0.15, 0.2) is 0 Å². The summed E-state index contributed by atoms with van der Waals surface area (Å²) in [7, 11) is 1.65. The highest BCUT2D eigenvalue weighted by atomic mass is 32.2. The Labute approximate surface area is 153 Å². The first-order valence-corrected chi connectivity index (χ1v) is 10.3. The molecule has 2 saturated heterocycles. The Morgan fingerprint density at radius 3 is 2.64 bits per heavy atom. The maximum atomic E-state index is 11.8. The Morgan fingerprint density at radius 1 is 1.08 bits per heavy atom. The van der Waals surface area contributed by atoms with E-state index >= 15 is 0 Å². The van der Waals surface area contributed by atoms with Crippen LogP contribution in [0.4, 0.5) is 4.79 Å². The number of hydrogen-bond donors (Lipinski definition) is 4. The zero-order valence-corrected chi connectivity index (χ0v) is 15.8. The minimum absolute atomic E-state index is 0.0463. The van der Waals surface area contributed by atoms with Gasteiger partial charge in [0.2, 0.25) is 11.8 Å². The molecule has 2 aliphatic heterocycles. The summed E-state index contributed by atoms with van der Waals surface area (Å²) in [5.41, 5.74) is 0. The quantitative estimate of drug-likeness (QED) is 0.324. The van der Waals surface area contributed by atoms with Gasteiger partial charge < -0.3 is 21.3 Å². The summed E-state index contributed by atoms with van der Waals surface area (Å²) >= 11 is 1.91. The molecule has 4 amide bonds. The van der Waals surface area contributed by atoms with Crippen molar-refractivity contribution >= 4 is 29.6 Å². The molecular formula is C17H30N4O3S. The molecule has 2 heterocycles. The molecule has 0 aromatic heterocycles. The van der Waals surface area contributed by atoms with Crippen molar-refractivity contribution in [3.63, 3.8) is 0 Å². The molecule has 0 spiro atoms. The number of amides is 4. The smallest absolute Gasteiger partial charge is 0.315 e. The Morgan fingerprint density at radius 2 is 1.84 bits per heavy atom. The third-order valence-corrected chi connectivity index (χ3v) is 6.27. The molecule has 0 radical (unpaired) electrons. The van der Waals surface area contributed by atoms with Gasteiger partial charge in [-0.15, -0.1) is 0 Å². The van der Waals surface area contributed by atoms with Crippen LogP contribution in [-0.4, -0.2) is 54.5 Å². The summed E-state index contributed by atoms with van der Waals surface area (Å²) < 4.78 is 0. The third-order valence-electron chi connectivity index (χ3n) is 4.76. The number of thioether (sulfide) groups is 1.